The number of nitrogens with zero attached hydrogens (tertiary/aromatic N) is 2. The van der Waals surface area contributed by atoms with Gasteiger partial charge in [-0.1, -0.05) is 47.5 Å². The summed E-state index contributed by atoms with van der Waals surface area (Å²) in [5.41, 5.74) is 12.6. The zero-order valence-corrected chi connectivity index (χ0v) is 18.7. The second kappa shape index (κ2) is 8.22. The minimum Gasteiger partial charge on any atom is -0.364 e. The molecule has 1 aliphatic rings. The van der Waals surface area contributed by atoms with E-state index in [1.54, 1.807) is 28.9 Å². The number of anilines is 1. The summed E-state index contributed by atoms with van der Waals surface area (Å²) in [5, 5.41) is 7.90. The van der Waals surface area contributed by atoms with Gasteiger partial charge in [0.05, 0.1) is 22.0 Å². The summed E-state index contributed by atoms with van der Waals surface area (Å²) < 4.78 is 1.77. The standard InChI is InChI=1S/C26H21ClN4O2/c1-15-6-11-18(12-7-15)31-24-20(23(30-31)25(28)32)13-9-16-8-10-17(14-21(16)24)29-26(33)19-4-2-3-5-22(19)27/h2-8,10-12,14H,9,13H2,1H3,(H2,28,32)(H,29,33). The van der Waals surface area contributed by atoms with Gasteiger partial charge in [-0.05, 0) is 61.7 Å². The number of halogens is 1. The van der Waals surface area contributed by atoms with E-state index in [-0.39, 0.29) is 11.6 Å². The van der Waals surface area contributed by atoms with Gasteiger partial charge in [-0.15, -0.1) is 0 Å². The lowest BCUT2D eigenvalue weighted by Crippen LogP contribution is -2.15. The van der Waals surface area contributed by atoms with Gasteiger partial charge in [0, 0.05) is 16.8 Å². The normalized spacial score (nSPS) is 12.1. The highest BCUT2D eigenvalue weighted by atomic mass is 35.5. The van der Waals surface area contributed by atoms with Crippen molar-refractivity contribution in [3.8, 4) is 16.9 Å². The zero-order chi connectivity index (χ0) is 23.1. The topological polar surface area (TPSA) is 90.0 Å². The van der Waals surface area contributed by atoms with Crippen molar-refractivity contribution >= 4 is 29.1 Å². The summed E-state index contributed by atoms with van der Waals surface area (Å²) in [4.78, 5) is 24.9. The number of rotatable bonds is 4. The summed E-state index contributed by atoms with van der Waals surface area (Å²) >= 11 is 6.18. The SMILES string of the molecule is Cc1ccc(-n2nc(C(N)=O)c3c2-c2cc(NC(=O)c4ccccc4Cl)ccc2CC3)cc1. The number of benzene rings is 3. The Morgan fingerprint density at radius 3 is 2.52 bits per heavy atom. The van der Waals surface area contributed by atoms with Crippen molar-refractivity contribution in [2.24, 2.45) is 5.73 Å². The van der Waals surface area contributed by atoms with Gasteiger partial charge in [0.1, 0.15) is 0 Å². The smallest absolute Gasteiger partial charge is 0.269 e. The van der Waals surface area contributed by atoms with Gasteiger partial charge in [0.15, 0.2) is 5.69 Å². The van der Waals surface area contributed by atoms with Crippen LogP contribution in [0.3, 0.4) is 0 Å². The Morgan fingerprint density at radius 2 is 1.79 bits per heavy atom. The number of aryl methyl sites for hydroxylation is 2. The third kappa shape index (κ3) is 3.79. The molecular weight excluding hydrogens is 436 g/mol. The number of aromatic nitrogens is 2. The zero-order valence-electron chi connectivity index (χ0n) is 17.9. The Kier molecular flexibility index (Phi) is 5.23. The average Bonchev–Trinajstić information content (AvgIpc) is 3.20. The van der Waals surface area contributed by atoms with Crippen molar-refractivity contribution in [2.45, 2.75) is 19.8 Å². The maximum absolute atomic E-state index is 12.8. The summed E-state index contributed by atoms with van der Waals surface area (Å²) in [6.45, 7) is 2.01. The van der Waals surface area contributed by atoms with Crippen molar-refractivity contribution in [3.63, 3.8) is 0 Å². The maximum atomic E-state index is 12.8. The lowest BCUT2D eigenvalue weighted by molar-refractivity contribution is 0.0992. The summed E-state index contributed by atoms with van der Waals surface area (Å²) in [6, 6.07) is 20.6. The highest BCUT2D eigenvalue weighted by Gasteiger charge is 2.28. The van der Waals surface area contributed by atoms with Crippen LogP contribution in [-0.4, -0.2) is 21.6 Å². The van der Waals surface area contributed by atoms with E-state index in [2.05, 4.69) is 10.4 Å². The third-order valence-corrected chi connectivity index (χ3v) is 6.21. The molecule has 0 saturated carbocycles. The van der Waals surface area contributed by atoms with Crippen LogP contribution in [0.1, 0.15) is 37.5 Å². The fourth-order valence-electron chi connectivity index (χ4n) is 4.23. The Hall–Kier alpha value is -3.90. The fraction of sp³-hybridized carbons (Fsp3) is 0.115. The first-order chi connectivity index (χ1) is 15.9. The summed E-state index contributed by atoms with van der Waals surface area (Å²) in [5.74, 6) is -0.842. The van der Waals surface area contributed by atoms with Crippen LogP contribution < -0.4 is 11.1 Å². The highest BCUT2D eigenvalue weighted by molar-refractivity contribution is 6.34. The summed E-state index contributed by atoms with van der Waals surface area (Å²) in [7, 11) is 0. The molecule has 6 nitrogen and oxygen atoms in total. The number of primary amides is 1. The van der Waals surface area contributed by atoms with Crippen molar-refractivity contribution in [1.82, 2.24) is 9.78 Å². The highest BCUT2D eigenvalue weighted by Crippen LogP contribution is 2.38. The van der Waals surface area contributed by atoms with Gasteiger partial charge in [0.25, 0.3) is 11.8 Å². The number of carbonyl (C=O) groups is 2. The van der Waals surface area contributed by atoms with Gasteiger partial charge < -0.3 is 11.1 Å². The molecule has 1 aliphatic carbocycles. The molecule has 0 atom stereocenters. The Balaban J connectivity index is 1.61. The fourth-order valence-corrected chi connectivity index (χ4v) is 4.45. The monoisotopic (exact) mass is 456 g/mol. The molecule has 164 valence electrons. The largest absolute Gasteiger partial charge is 0.364 e. The second-order valence-corrected chi connectivity index (χ2v) is 8.50. The molecule has 0 bridgehead atoms. The molecule has 0 aliphatic heterocycles. The minimum atomic E-state index is -0.552. The molecule has 4 aromatic rings. The molecule has 0 fully saturated rings. The van der Waals surface area contributed by atoms with Crippen LogP contribution in [0.5, 0.6) is 0 Å². The average molecular weight is 457 g/mol. The number of carbonyl (C=O) groups excluding carboxylic acids is 2. The number of nitrogens with one attached hydrogen (secondary N) is 1. The number of nitrogens with two attached hydrogens (primary N) is 1. The molecule has 3 aromatic carbocycles. The van der Waals surface area contributed by atoms with E-state index in [0.29, 0.717) is 22.7 Å². The molecule has 0 radical (unpaired) electrons. The molecule has 7 heteroatoms. The van der Waals surface area contributed by atoms with Gasteiger partial charge in [-0.25, -0.2) is 4.68 Å². The van der Waals surface area contributed by atoms with Crippen LogP contribution >= 0.6 is 11.6 Å². The first kappa shape index (κ1) is 21.0. The quantitative estimate of drug-likeness (QED) is 0.455. The van der Waals surface area contributed by atoms with Crippen LogP contribution in [0.15, 0.2) is 66.7 Å². The molecule has 1 heterocycles. The van der Waals surface area contributed by atoms with E-state index >= 15 is 0 Å². The van der Waals surface area contributed by atoms with E-state index in [1.807, 2.05) is 49.4 Å². The van der Waals surface area contributed by atoms with Gasteiger partial charge >= 0.3 is 0 Å². The van der Waals surface area contributed by atoms with E-state index < -0.39 is 5.91 Å². The first-order valence-corrected chi connectivity index (χ1v) is 11.0. The van der Waals surface area contributed by atoms with Crippen molar-refractivity contribution in [1.29, 1.82) is 0 Å². The van der Waals surface area contributed by atoms with Crippen molar-refractivity contribution in [2.75, 3.05) is 5.32 Å². The van der Waals surface area contributed by atoms with E-state index in [9.17, 15) is 9.59 Å². The van der Waals surface area contributed by atoms with E-state index in [4.69, 9.17) is 17.3 Å². The van der Waals surface area contributed by atoms with Gasteiger partial charge in [-0.3, -0.25) is 9.59 Å². The predicted molar refractivity (Wildman–Crippen MR) is 129 cm³/mol. The van der Waals surface area contributed by atoms with Crippen LogP contribution in [0.4, 0.5) is 5.69 Å². The maximum Gasteiger partial charge on any atom is 0.269 e. The first-order valence-electron chi connectivity index (χ1n) is 10.6. The number of fused-ring (bicyclic) bond motifs is 3. The summed E-state index contributed by atoms with van der Waals surface area (Å²) in [6.07, 6.45) is 1.42. The van der Waals surface area contributed by atoms with Crippen LogP contribution in [0.25, 0.3) is 16.9 Å². The van der Waals surface area contributed by atoms with E-state index in [0.717, 1.165) is 40.1 Å². The molecular formula is C26H21ClN4O2. The third-order valence-electron chi connectivity index (χ3n) is 5.88. The molecule has 1 aromatic heterocycles. The van der Waals surface area contributed by atoms with Gasteiger partial charge in [0.2, 0.25) is 0 Å². The molecule has 5 rings (SSSR count). The Morgan fingerprint density at radius 1 is 1.03 bits per heavy atom. The molecule has 3 N–H and O–H groups in total. The lowest BCUT2D eigenvalue weighted by Gasteiger charge is -2.20. The molecule has 0 saturated heterocycles. The van der Waals surface area contributed by atoms with Crippen LogP contribution in [0.2, 0.25) is 5.02 Å². The van der Waals surface area contributed by atoms with E-state index in [1.165, 1.54) is 0 Å². The molecule has 2 amide bonds. The molecule has 0 spiro atoms. The molecule has 33 heavy (non-hydrogen) atoms. The van der Waals surface area contributed by atoms with Crippen molar-refractivity contribution in [3.05, 3.63) is 99.7 Å². The molecule has 0 unspecified atom stereocenters. The number of amides is 2. The number of hydrogen-bond acceptors (Lipinski definition) is 3. The predicted octanol–water partition coefficient (Wildman–Crippen LogP) is 4.95. The lowest BCUT2D eigenvalue weighted by atomic mass is 9.88. The van der Waals surface area contributed by atoms with Crippen LogP contribution in [0, 0.1) is 6.92 Å². The van der Waals surface area contributed by atoms with Gasteiger partial charge in [-0.2, -0.15) is 5.10 Å². The van der Waals surface area contributed by atoms with Crippen molar-refractivity contribution < 1.29 is 9.59 Å². The Bertz CT molecular complexity index is 1410. The Labute approximate surface area is 196 Å². The number of hydrogen-bond donors (Lipinski definition) is 2. The minimum absolute atomic E-state index is 0.279. The second-order valence-electron chi connectivity index (χ2n) is 8.09. The van der Waals surface area contributed by atoms with Crippen LogP contribution in [-0.2, 0) is 12.8 Å².